The predicted octanol–water partition coefficient (Wildman–Crippen LogP) is 4.14. The Morgan fingerprint density at radius 3 is 2.59 bits per heavy atom. The molecule has 0 bridgehead atoms. The Hall–Kier alpha value is -1.86. The van der Waals surface area contributed by atoms with Crippen LogP contribution in [0.1, 0.15) is 10.4 Å². The number of hydrazine groups is 1. The second-order valence-electron chi connectivity index (χ2n) is 4.43. The highest BCUT2D eigenvalue weighted by Gasteiger charge is 2.11. The lowest BCUT2D eigenvalue weighted by Gasteiger charge is -2.06. The van der Waals surface area contributed by atoms with Gasteiger partial charge in [0.25, 0.3) is 5.91 Å². The monoisotopic (exact) mass is 352 g/mol. The van der Waals surface area contributed by atoms with E-state index in [-0.39, 0.29) is 5.91 Å². The fourth-order valence-corrected chi connectivity index (χ4v) is 3.21. The molecule has 0 unspecified atom stereocenters. The van der Waals surface area contributed by atoms with Gasteiger partial charge in [0.2, 0.25) is 0 Å². The minimum Gasteiger partial charge on any atom is -0.322 e. The molecule has 112 valence electrons. The minimum atomic E-state index is -0.242. The Kier molecular flexibility index (Phi) is 4.17. The number of hydrogen-bond acceptors (Lipinski definition) is 5. The number of rotatable bonds is 3. The van der Waals surface area contributed by atoms with Crippen LogP contribution in [0.5, 0.6) is 0 Å². The molecule has 0 aliphatic carbocycles. The average Bonchev–Trinajstić information content (AvgIpc) is 2.91. The smallest absolute Gasteiger partial charge is 0.255 e. The Morgan fingerprint density at radius 2 is 1.91 bits per heavy atom. The summed E-state index contributed by atoms with van der Waals surface area (Å²) in [5.41, 5.74) is 4.22. The van der Waals surface area contributed by atoms with Crippen LogP contribution in [0.2, 0.25) is 10.0 Å². The van der Waals surface area contributed by atoms with Crippen LogP contribution in [-0.4, -0.2) is 10.9 Å². The number of anilines is 2. The number of hydrogen-bond donors (Lipinski definition) is 3. The van der Waals surface area contributed by atoms with Crippen LogP contribution >= 0.6 is 34.5 Å². The summed E-state index contributed by atoms with van der Waals surface area (Å²) in [4.78, 5) is 16.4. The maximum absolute atomic E-state index is 12.2. The molecule has 3 rings (SSSR count). The molecule has 0 fully saturated rings. The van der Waals surface area contributed by atoms with Gasteiger partial charge in [0.1, 0.15) is 5.52 Å². The zero-order valence-corrected chi connectivity index (χ0v) is 13.4. The predicted molar refractivity (Wildman–Crippen MR) is 91.8 cm³/mol. The van der Waals surface area contributed by atoms with Crippen molar-refractivity contribution in [1.82, 2.24) is 4.98 Å². The SMILES string of the molecule is NNc1nc2c(Cl)cc(NC(=O)c3ccc(Cl)cc3)cc2s1. The van der Waals surface area contributed by atoms with E-state index in [0.29, 0.717) is 31.9 Å². The molecule has 0 spiro atoms. The largest absolute Gasteiger partial charge is 0.322 e. The van der Waals surface area contributed by atoms with E-state index < -0.39 is 0 Å². The Balaban J connectivity index is 1.90. The van der Waals surface area contributed by atoms with Crippen LogP contribution in [0.25, 0.3) is 10.2 Å². The number of nitrogens with two attached hydrogens (primary N) is 1. The molecule has 5 nitrogen and oxygen atoms in total. The van der Waals surface area contributed by atoms with Crippen molar-refractivity contribution in [1.29, 1.82) is 0 Å². The van der Waals surface area contributed by atoms with Gasteiger partial charge in [0, 0.05) is 16.3 Å². The zero-order chi connectivity index (χ0) is 15.7. The number of nitrogens with zero attached hydrogens (tertiary/aromatic N) is 1. The first-order valence-corrected chi connectivity index (χ1v) is 7.77. The molecule has 1 amide bonds. The van der Waals surface area contributed by atoms with Gasteiger partial charge in [-0.3, -0.25) is 10.2 Å². The molecule has 0 atom stereocenters. The first-order chi connectivity index (χ1) is 10.6. The normalized spacial score (nSPS) is 10.7. The van der Waals surface area contributed by atoms with E-state index in [4.69, 9.17) is 29.0 Å². The number of amides is 1. The van der Waals surface area contributed by atoms with Crippen LogP contribution in [0.3, 0.4) is 0 Å². The number of benzene rings is 2. The first-order valence-electron chi connectivity index (χ1n) is 6.20. The average molecular weight is 353 g/mol. The van der Waals surface area contributed by atoms with Gasteiger partial charge in [-0.05, 0) is 36.4 Å². The topological polar surface area (TPSA) is 80.0 Å². The summed E-state index contributed by atoms with van der Waals surface area (Å²) in [6.07, 6.45) is 0. The molecule has 22 heavy (non-hydrogen) atoms. The van der Waals surface area contributed by atoms with E-state index in [1.807, 2.05) is 0 Å². The van der Waals surface area contributed by atoms with Crippen molar-refractivity contribution in [3.8, 4) is 0 Å². The van der Waals surface area contributed by atoms with Crippen LogP contribution < -0.4 is 16.6 Å². The van der Waals surface area contributed by atoms with E-state index in [1.54, 1.807) is 36.4 Å². The number of thiazole rings is 1. The fraction of sp³-hybridized carbons (Fsp3) is 0. The maximum atomic E-state index is 12.2. The number of carbonyl (C=O) groups is 1. The van der Waals surface area contributed by atoms with Crippen molar-refractivity contribution in [3.05, 3.63) is 52.0 Å². The molecule has 4 N–H and O–H groups in total. The maximum Gasteiger partial charge on any atom is 0.255 e. The Labute approximate surface area is 140 Å². The molecule has 3 aromatic rings. The van der Waals surface area contributed by atoms with Crippen LogP contribution in [-0.2, 0) is 0 Å². The second-order valence-corrected chi connectivity index (χ2v) is 6.30. The molecule has 2 aromatic carbocycles. The van der Waals surface area contributed by atoms with Gasteiger partial charge < -0.3 is 5.32 Å². The van der Waals surface area contributed by atoms with Crippen molar-refractivity contribution in [2.75, 3.05) is 10.7 Å². The molecular weight excluding hydrogens is 343 g/mol. The molecule has 0 saturated heterocycles. The minimum absolute atomic E-state index is 0.242. The van der Waals surface area contributed by atoms with E-state index in [2.05, 4.69) is 15.7 Å². The summed E-state index contributed by atoms with van der Waals surface area (Å²) in [5, 5.41) is 4.37. The number of fused-ring (bicyclic) bond motifs is 1. The molecule has 0 aliphatic heterocycles. The number of nitrogen functional groups attached to an aromatic ring is 1. The number of aromatic nitrogens is 1. The van der Waals surface area contributed by atoms with Gasteiger partial charge in [-0.25, -0.2) is 10.8 Å². The molecular formula is C14H10Cl2N4OS. The quantitative estimate of drug-likeness (QED) is 0.488. The number of nitrogens with one attached hydrogen (secondary N) is 2. The summed E-state index contributed by atoms with van der Waals surface area (Å²) in [5.74, 6) is 5.10. The van der Waals surface area contributed by atoms with E-state index in [1.165, 1.54) is 11.3 Å². The standard InChI is InChI=1S/C14H10Cl2N4OS/c15-8-3-1-7(2-4-8)13(21)18-9-5-10(16)12-11(6-9)22-14(19-12)20-17/h1-6H,17H2,(H,18,21)(H,19,20). The summed E-state index contributed by atoms with van der Waals surface area (Å²) >= 11 is 13.3. The van der Waals surface area contributed by atoms with E-state index in [9.17, 15) is 4.79 Å². The van der Waals surface area contributed by atoms with Gasteiger partial charge >= 0.3 is 0 Å². The van der Waals surface area contributed by atoms with E-state index in [0.717, 1.165) is 4.70 Å². The summed E-state index contributed by atoms with van der Waals surface area (Å²) < 4.78 is 0.826. The van der Waals surface area contributed by atoms with Gasteiger partial charge in [-0.1, -0.05) is 34.5 Å². The molecule has 1 aromatic heterocycles. The second kappa shape index (κ2) is 6.10. The lowest BCUT2D eigenvalue weighted by molar-refractivity contribution is 0.102. The number of halogens is 2. The Bertz CT molecular complexity index is 848. The van der Waals surface area contributed by atoms with Gasteiger partial charge in [-0.15, -0.1) is 0 Å². The lowest BCUT2D eigenvalue weighted by atomic mass is 10.2. The van der Waals surface area contributed by atoms with Gasteiger partial charge in [0.05, 0.1) is 9.72 Å². The summed E-state index contributed by atoms with van der Waals surface area (Å²) in [6.45, 7) is 0. The Morgan fingerprint density at radius 1 is 1.18 bits per heavy atom. The van der Waals surface area contributed by atoms with Crippen molar-refractivity contribution in [2.45, 2.75) is 0 Å². The highest BCUT2D eigenvalue weighted by molar-refractivity contribution is 7.22. The van der Waals surface area contributed by atoms with Crippen molar-refractivity contribution in [2.24, 2.45) is 5.84 Å². The van der Waals surface area contributed by atoms with Crippen LogP contribution in [0.15, 0.2) is 36.4 Å². The highest BCUT2D eigenvalue weighted by Crippen LogP contribution is 2.33. The molecule has 8 heteroatoms. The van der Waals surface area contributed by atoms with E-state index >= 15 is 0 Å². The van der Waals surface area contributed by atoms with Gasteiger partial charge in [0.15, 0.2) is 5.13 Å². The zero-order valence-electron chi connectivity index (χ0n) is 11.1. The summed E-state index contributed by atoms with van der Waals surface area (Å²) in [6, 6.07) is 10.1. The van der Waals surface area contributed by atoms with Crippen molar-refractivity contribution >= 4 is 61.5 Å². The third kappa shape index (κ3) is 3.00. The van der Waals surface area contributed by atoms with Crippen LogP contribution in [0, 0.1) is 0 Å². The first kappa shape index (κ1) is 15.1. The third-order valence-corrected chi connectivity index (χ3v) is 4.41. The van der Waals surface area contributed by atoms with Crippen molar-refractivity contribution < 1.29 is 4.79 Å². The third-order valence-electron chi connectivity index (χ3n) is 2.94. The molecule has 0 saturated carbocycles. The van der Waals surface area contributed by atoms with Crippen molar-refractivity contribution in [3.63, 3.8) is 0 Å². The number of carbonyl (C=O) groups excluding carboxylic acids is 1. The molecule has 1 heterocycles. The molecule has 0 radical (unpaired) electrons. The highest BCUT2D eigenvalue weighted by atomic mass is 35.5. The lowest BCUT2D eigenvalue weighted by Crippen LogP contribution is -2.11. The molecule has 0 aliphatic rings. The fourth-order valence-electron chi connectivity index (χ4n) is 1.93. The van der Waals surface area contributed by atoms with Gasteiger partial charge in [-0.2, -0.15) is 0 Å². The van der Waals surface area contributed by atoms with Crippen LogP contribution in [0.4, 0.5) is 10.8 Å². The summed E-state index contributed by atoms with van der Waals surface area (Å²) in [7, 11) is 0.